The van der Waals surface area contributed by atoms with E-state index >= 15 is 0 Å². The molecule has 260 valence electrons. The van der Waals surface area contributed by atoms with E-state index < -0.39 is 61.6 Å². The van der Waals surface area contributed by atoms with Gasteiger partial charge in [-0.1, -0.05) is 83.1 Å². The molecule has 0 spiro atoms. The Hall–Kier alpha value is 1.04. The first-order chi connectivity index (χ1) is 19.9. The second-order valence-corrected chi connectivity index (χ2v) is 35.5. The van der Waals surface area contributed by atoms with Crippen molar-refractivity contribution in [1.82, 2.24) is 0 Å². The van der Waals surface area contributed by atoms with E-state index in [1.54, 1.807) is 6.55 Å². The van der Waals surface area contributed by atoms with E-state index in [1.165, 1.54) is 0 Å². The molecule has 4 bridgehead atoms. The molecule has 3 heterocycles. The molecule has 0 aromatic heterocycles. The van der Waals surface area contributed by atoms with Gasteiger partial charge in [0.2, 0.25) is 0 Å². The lowest BCUT2D eigenvalue weighted by Gasteiger charge is -2.57. The van der Waals surface area contributed by atoms with Crippen LogP contribution < -0.4 is 0 Å². The number of hydrogen-bond acceptors (Lipinski definition) is 12. The first kappa shape index (κ1) is 39.5. The smallest absolute Gasteiger partial charge is 0.391 e. The zero-order chi connectivity index (χ0) is 33.6. The van der Waals surface area contributed by atoms with Gasteiger partial charge < -0.3 is 51.4 Å². The summed E-state index contributed by atoms with van der Waals surface area (Å²) in [6, 6.07) is 1.43. The van der Waals surface area contributed by atoms with Crippen LogP contribution >= 0.6 is 0 Å². The first-order valence-corrected chi connectivity index (χ1v) is 30.3. The number of hydrogen-bond donors (Lipinski definition) is 3. The van der Waals surface area contributed by atoms with Gasteiger partial charge in [0.05, 0.1) is 0 Å². The van der Waals surface area contributed by atoms with E-state index in [0.717, 1.165) is 0 Å². The number of rotatable bonds is 12. The van der Waals surface area contributed by atoms with Gasteiger partial charge in [0, 0.05) is 42.8 Å². The third-order valence-electron chi connectivity index (χ3n) is 6.89. The van der Waals surface area contributed by atoms with Crippen LogP contribution in [0.4, 0.5) is 0 Å². The van der Waals surface area contributed by atoms with E-state index in [1.807, 2.05) is 83.1 Å². The Labute approximate surface area is 273 Å². The fraction of sp³-hybridized carbons (Fsp3) is 1.00. The second-order valence-electron chi connectivity index (χ2n) is 15.6. The lowest BCUT2D eigenvalue weighted by molar-refractivity contribution is 0.00618. The topological polar surface area (TPSA) is 144 Å². The quantitative estimate of drug-likeness (QED) is 0.223. The van der Waals surface area contributed by atoms with Crippen LogP contribution in [0.2, 0.25) is 42.8 Å². The van der Waals surface area contributed by atoms with E-state index in [4.69, 9.17) is 37.0 Å². The van der Waals surface area contributed by atoms with Gasteiger partial charge in [-0.15, -0.1) is 0 Å². The molecule has 0 amide bonds. The van der Waals surface area contributed by atoms with Crippen molar-refractivity contribution in [1.29, 1.82) is 0 Å². The van der Waals surface area contributed by atoms with Crippen LogP contribution in [-0.2, 0) is 37.0 Å². The highest BCUT2D eigenvalue weighted by Gasteiger charge is 2.76. The average Bonchev–Trinajstić information content (AvgIpc) is 2.64. The molecule has 4 atom stereocenters. The zero-order valence-electron chi connectivity index (χ0n) is 29.2. The Morgan fingerprint density at radius 2 is 0.568 bits per heavy atom. The van der Waals surface area contributed by atoms with Crippen LogP contribution in [-0.4, -0.2) is 76.0 Å². The molecule has 3 saturated heterocycles. The standard InChI is InChI=1S/C25H60O12Si7/c1-20(2)14-39(26)29-38(13)30-40(27,15-21(3)4)33-44(19-25(11)12)35-41(28,16-22(5)6)34-43(32-39,18-24(9)10)36-42(31-38,37-44)17-23(7)8/h20-28H,14-19H2,1-13H3. The fourth-order valence-electron chi connectivity index (χ4n) is 6.29. The Bertz CT molecular complexity index is 924. The Morgan fingerprint density at radius 1 is 0.341 bits per heavy atom. The lowest BCUT2D eigenvalue weighted by Crippen LogP contribution is -2.82. The summed E-state index contributed by atoms with van der Waals surface area (Å²) in [5.41, 5.74) is 0. The van der Waals surface area contributed by atoms with E-state index in [-0.39, 0.29) is 65.7 Å². The van der Waals surface area contributed by atoms with Crippen molar-refractivity contribution >= 4 is 61.6 Å². The molecular formula is C25H60O12Si7. The molecule has 19 heteroatoms. The van der Waals surface area contributed by atoms with Gasteiger partial charge >= 0.3 is 61.6 Å². The third-order valence-corrected chi connectivity index (χ3v) is 38.1. The van der Waals surface area contributed by atoms with Crippen molar-refractivity contribution in [3.05, 3.63) is 0 Å². The van der Waals surface area contributed by atoms with Gasteiger partial charge in [0.25, 0.3) is 0 Å². The molecule has 12 nitrogen and oxygen atoms in total. The predicted molar refractivity (Wildman–Crippen MR) is 180 cm³/mol. The van der Waals surface area contributed by atoms with Crippen molar-refractivity contribution < 1.29 is 51.4 Å². The van der Waals surface area contributed by atoms with Crippen LogP contribution in [0.15, 0.2) is 0 Å². The van der Waals surface area contributed by atoms with Crippen LogP contribution in [0.25, 0.3) is 0 Å². The van der Waals surface area contributed by atoms with E-state index in [9.17, 15) is 14.4 Å². The first-order valence-electron chi connectivity index (χ1n) is 16.3. The molecule has 3 aliphatic heterocycles. The molecule has 3 aliphatic rings. The monoisotopic (exact) mass is 748 g/mol. The van der Waals surface area contributed by atoms with Gasteiger partial charge in [0.15, 0.2) is 0 Å². The molecule has 0 aromatic carbocycles. The summed E-state index contributed by atoms with van der Waals surface area (Å²) in [6.07, 6.45) is 0. The highest BCUT2D eigenvalue weighted by atomic mass is 28.6. The molecule has 3 N–H and O–H groups in total. The van der Waals surface area contributed by atoms with Crippen LogP contribution in [0.1, 0.15) is 83.1 Å². The van der Waals surface area contributed by atoms with Crippen LogP contribution in [0.5, 0.6) is 0 Å². The van der Waals surface area contributed by atoms with Gasteiger partial charge in [-0.05, 0) is 35.5 Å². The summed E-state index contributed by atoms with van der Waals surface area (Å²) in [5, 5.41) is 0. The van der Waals surface area contributed by atoms with E-state index in [2.05, 4.69) is 0 Å². The predicted octanol–water partition coefficient (Wildman–Crippen LogP) is 5.29. The molecule has 4 unspecified atom stereocenters. The summed E-state index contributed by atoms with van der Waals surface area (Å²) in [6.45, 7) is 25.6. The summed E-state index contributed by atoms with van der Waals surface area (Å²) in [7, 11) is -28.7. The molecule has 0 saturated carbocycles. The molecule has 0 aliphatic carbocycles. The minimum Gasteiger partial charge on any atom is -0.391 e. The number of fused-ring (bicyclic) bond motifs is 3. The maximum Gasteiger partial charge on any atom is 0.483 e. The normalized spacial score (nSPS) is 41.9. The Kier molecular flexibility index (Phi) is 12.7. The lowest BCUT2D eigenvalue weighted by atomic mass is 10.3. The largest absolute Gasteiger partial charge is 0.483 e. The van der Waals surface area contributed by atoms with Gasteiger partial charge in [-0.25, -0.2) is 0 Å². The average molecular weight is 749 g/mol. The minimum absolute atomic E-state index is 0.00566. The molecule has 3 fully saturated rings. The van der Waals surface area contributed by atoms with Gasteiger partial charge in [-0.2, -0.15) is 0 Å². The summed E-state index contributed by atoms with van der Waals surface area (Å²) >= 11 is 0. The zero-order valence-corrected chi connectivity index (χ0v) is 36.2. The molecular weight excluding hydrogens is 689 g/mol. The van der Waals surface area contributed by atoms with Crippen molar-refractivity contribution in [3.63, 3.8) is 0 Å². The fourth-order valence-corrected chi connectivity index (χ4v) is 44.0. The molecule has 3 rings (SSSR count). The summed E-state index contributed by atoms with van der Waals surface area (Å²) in [5.74, 6) is -0.0274. The van der Waals surface area contributed by atoms with Crippen molar-refractivity contribution in [2.24, 2.45) is 35.5 Å². The summed E-state index contributed by atoms with van der Waals surface area (Å²) in [4.78, 5) is 37.2. The Balaban J connectivity index is 2.44. The highest BCUT2D eigenvalue weighted by molar-refractivity contribution is 6.98. The van der Waals surface area contributed by atoms with E-state index in [0.29, 0.717) is 6.04 Å². The van der Waals surface area contributed by atoms with Crippen LogP contribution in [0, 0.1) is 35.5 Å². The van der Waals surface area contributed by atoms with Gasteiger partial charge in [-0.3, -0.25) is 0 Å². The maximum absolute atomic E-state index is 12.5. The maximum atomic E-state index is 12.5. The SMILES string of the molecule is CC(C)C[Si]1(O)O[Si]2(C)O[Si](O)(CC(C)C)O[Si]3(CC(C)C)O[Si](O)(CC(C)C)O[Si](CC(C)C)(O1)O[Si](CC(C)C)(O2)O3. The second kappa shape index (κ2) is 14.1. The molecule has 0 radical (unpaired) electrons. The van der Waals surface area contributed by atoms with Gasteiger partial charge in [0.1, 0.15) is 0 Å². The summed E-state index contributed by atoms with van der Waals surface area (Å²) < 4.78 is 61.9. The molecule has 0 aromatic rings. The van der Waals surface area contributed by atoms with Crippen molar-refractivity contribution in [2.45, 2.75) is 126 Å². The van der Waals surface area contributed by atoms with Crippen molar-refractivity contribution in [2.75, 3.05) is 0 Å². The highest BCUT2D eigenvalue weighted by Crippen LogP contribution is 2.48. The Morgan fingerprint density at radius 3 is 0.818 bits per heavy atom. The minimum atomic E-state index is -4.25. The van der Waals surface area contributed by atoms with Crippen molar-refractivity contribution in [3.8, 4) is 0 Å². The third kappa shape index (κ3) is 10.5. The van der Waals surface area contributed by atoms with Crippen LogP contribution in [0.3, 0.4) is 0 Å². The molecule has 44 heavy (non-hydrogen) atoms.